The molecule has 0 aromatic heterocycles. The predicted molar refractivity (Wildman–Crippen MR) is 103 cm³/mol. The first kappa shape index (κ1) is 22.4. The average Bonchev–Trinajstić information content (AvgIpc) is 2.69. The number of hydrogen-bond acceptors (Lipinski definition) is 2. The van der Waals surface area contributed by atoms with Gasteiger partial charge in [-0.2, -0.15) is 13.2 Å². The maximum Gasteiger partial charge on any atom is 0.391 e. The van der Waals surface area contributed by atoms with E-state index in [1.807, 2.05) is 0 Å². The smallest absolute Gasteiger partial charge is 0.353 e. The molecule has 2 fully saturated rings. The molecule has 5 nitrogen and oxygen atoms in total. The number of aryl methyl sites for hydroxylation is 1. The van der Waals surface area contributed by atoms with Crippen LogP contribution in [-0.4, -0.2) is 42.1 Å². The van der Waals surface area contributed by atoms with Crippen LogP contribution < -0.4 is 10.6 Å². The summed E-state index contributed by atoms with van der Waals surface area (Å²) in [5.41, 5.74) is 1.06. The number of halogens is 4. The van der Waals surface area contributed by atoms with Crippen molar-refractivity contribution in [1.82, 2.24) is 15.5 Å². The minimum Gasteiger partial charge on any atom is -0.353 e. The Labute approximate surface area is 173 Å². The average molecular weight is 429 g/mol. The van der Waals surface area contributed by atoms with Gasteiger partial charge in [-0.05, 0) is 62.6 Å². The molecule has 0 spiro atoms. The highest BCUT2D eigenvalue weighted by atomic mass is 19.4. The number of piperazine rings is 1. The van der Waals surface area contributed by atoms with Gasteiger partial charge in [0.15, 0.2) is 0 Å². The number of nitrogens with zero attached hydrogens (tertiary/aromatic N) is 1. The third kappa shape index (κ3) is 4.87. The van der Waals surface area contributed by atoms with Gasteiger partial charge in [0.25, 0.3) is 0 Å². The molecule has 30 heavy (non-hydrogen) atoms. The Morgan fingerprint density at radius 2 is 1.90 bits per heavy atom. The Hall–Kier alpha value is -2.32. The van der Waals surface area contributed by atoms with Crippen molar-refractivity contribution in [2.45, 2.75) is 57.8 Å². The van der Waals surface area contributed by atoms with E-state index in [1.54, 1.807) is 26.0 Å². The van der Waals surface area contributed by atoms with E-state index in [2.05, 4.69) is 10.6 Å². The summed E-state index contributed by atoms with van der Waals surface area (Å²) in [6.07, 6.45) is -3.59. The van der Waals surface area contributed by atoms with Gasteiger partial charge in [0.1, 0.15) is 11.9 Å². The van der Waals surface area contributed by atoms with Crippen molar-refractivity contribution in [2.24, 2.45) is 11.8 Å². The second-order valence-electron chi connectivity index (χ2n) is 8.25. The van der Waals surface area contributed by atoms with E-state index in [-0.39, 0.29) is 30.5 Å². The minimum atomic E-state index is -4.22. The van der Waals surface area contributed by atoms with Crippen LogP contribution in [0.1, 0.15) is 49.8 Å². The molecular weight excluding hydrogens is 402 g/mol. The van der Waals surface area contributed by atoms with E-state index in [9.17, 15) is 27.2 Å². The third-order valence-corrected chi connectivity index (χ3v) is 6.29. The molecule has 1 aromatic carbocycles. The largest absolute Gasteiger partial charge is 0.391 e. The number of urea groups is 1. The van der Waals surface area contributed by atoms with E-state index in [0.717, 1.165) is 0 Å². The SMILES string of the molecule is Cc1cc(C(NC(=O)N2CCNC(=O)[C@H]2C)C2CCC(C(F)(F)F)CC2)ccc1F. The van der Waals surface area contributed by atoms with Crippen molar-refractivity contribution in [3.05, 3.63) is 35.1 Å². The second kappa shape index (κ2) is 8.81. The van der Waals surface area contributed by atoms with Crippen LogP contribution >= 0.6 is 0 Å². The van der Waals surface area contributed by atoms with Crippen LogP contribution in [0, 0.1) is 24.6 Å². The normalized spacial score (nSPS) is 26.1. The van der Waals surface area contributed by atoms with Gasteiger partial charge in [-0.15, -0.1) is 0 Å². The zero-order valence-electron chi connectivity index (χ0n) is 17.1. The Bertz CT molecular complexity index is 791. The van der Waals surface area contributed by atoms with Crippen LogP contribution in [0.15, 0.2) is 18.2 Å². The summed E-state index contributed by atoms with van der Waals surface area (Å²) in [7, 11) is 0. The third-order valence-electron chi connectivity index (χ3n) is 6.29. The standard InChI is InChI=1S/C21H27F4N3O2/c1-12-11-15(5-8-17(12)22)18(14-3-6-16(7-4-14)21(23,24)25)27-20(30)28-10-9-26-19(29)13(28)2/h5,8,11,13-14,16,18H,3-4,6-7,9-10H2,1-2H3,(H,26,29)(H,27,30)/t13-,14?,16?,18?/m1/s1. The van der Waals surface area contributed by atoms with Crippen molar-refractivity contribution in [3.63, 3.8) is 0 Å². The number of benzene rings is 1. The molecule has 2 aliphatic rings. The van der Waals surface area contributed by atoms with Gasteiger partial charge < -0.3 is 15.5 Å². The van der Waals surface area contributed by atoms with Crippen LogP contribution in [0.2, 0.25) is 0 Å². The quantitative estimate of drug-likeness (QED) is 0.712. The maximum atomic E-state index is 13.8. The van der Waals surface area contributed by atoms with Crippen LogP contribution in [0.4, 0.5) is 22.4 Å². The highest BCUT2D eigenvalue weighted by Crippen LogP contribution is 2.43. The molecule has 9 heteroatoms. The zero-order valence-corrected chi connectivity index (χ0v) is 17.1. The lowest BCUT2D eigenvalue weighted by Gasteiger charge is -2.38. The number of rotatable bonds is 3. The van der Waals surface area contributed by atoms with E-state index >= 15 is 0 Å². The van der Waals surface area contributed by atoms with Crippen LogP contribution in [0.3, 0.4) is 0 Å². The Morgan fingerprint density at radius 1 is 1.23 bits per heavy atom. The van der Waals surface area contributed by atoms with Crippen molar-refractivity contribution in [2.75, 3.05) is 13.1 Å². The first-order valence-electron chi connectivity index (χ1n) is 10.3. The van der Waals surface area contributed by atoms with E-state index in [1.165, 1.54) is 11.0 Å². The fourth-order valence-corrected chi connectivity index (χ4v) is 4.39. The van der Waals surface area contributed by atoms with E-state index in [0.29, 0.717) is 37.1 Å². The van der Waals surface area contributed by atoms with Crippen LogP contribution in [0.5, 0.6) is 0 Å². The van der Waals surface area contributed by atoms with Crippen molar-refractivity contribution < 1.29 is 27.2 Å². The summed E-state index contributed by atoms with van der Waals surface area (Å²) in [6.45, 7) is 3.91. The molecule has 1 saturated heterocycles. The number of hydrogen-bond donors (Lipinski definition) is 2. The molecule has 1 saturated carbocycles. The molecule has 1 aliphatic heterocycles. The molecule has 1 heterocycles. The monoisotopic (exact) mass is 429 g/mol. The number of alkyl halides is 3. The number of nitrogens with one attached hydrogen (secondary N) is 2. The molecule has 2 atom stereocenters. The summed E-state index contributed by atoms with van der Waals surface area (Å²) in [5.74, 6) is -2.17. The van der Waals surface area contributed by atoms with E-state index < -0.39 is 30.2 Å². The first-order valence-corrected chi connectivity index (χ1v) is 10.3. The topological polar surface area (TPSA) is 61.4 Å². The maximum absolute atomic E-state index is 13.8. The predicted octanol–water partition coefficient (Wildman–Crippen LogP) is 4.07. The number of carbonyl (C=O) groups excluding carboxylic acids is 2. The minimum absolute atomic E-state index is 0.00321. The molecule has 0 bridgehead atoms. The molecule has 3 amide bonds. The van der Waals surface area contributed by atoms with Crippen molar-refractivity contribution in [3.8, 4) is 0 Å². The molecule has 1 aliphatic carbocycles. The van der Waals surface area contributed by atoms with Crippen LogP contribution in [0.25, 0.3) is 0 Å². The second-order valence-corrected chi connectivity index (χ2v) is 8.25. The van der Waals surface area contributed by atoms with Crippen LogP contribution in [-0.2, 0) is 4.79 Å². The Morgan fingerprint density at radius 3 is 2.50 bits per heavy atom. The van der Waals surface area contributed by atoms with Crippen molar-refractivity contribution in [1.29, 1.82) is 0 Å². The molecule has 1 aromatic rings. The molecular formula is C21H27F4N3O2. The van der Waals surface area contributed by atoms with E-state index in [4.69, 9.17) is 0 Å². The van der Waals surface area contributed by atoms with Gasteiger partial charge in [-0.1, -0.05) is 12.1 Å². The number of amides is 3. The lowest BCUT2D eigenvalue weighted by molar-refractivity contribution is -0.184. The summed E-state index contributed by atoms with van der Waals surface area (Å²) in [5, 5.41) is 5.62. The Kier molecular flexibility index (Phi) is 6.57. The Balaban J connectivity index is 1.80. The summed E-state index contributed by atoms with van der Waals surface area (Å²) >= 11 is 0. The van der Waals surface area contributed by atoms with Gasteiger partial charge in [0.2, 0.25) is 5.91 Å². The van der Waals surface area contributed by atoms with Gasteiger partial charge in [0, 0.05) is 13.1 Å². The molecule has 0 radical (unpaired) electrons. The molecule has 2 N–H and O–H groups in total. The summed E-state index contributed by atoms with van der Waals surface area (Å²) < 4.78 is 53.0. The highest BCUT2D eigenvalue weighted by Gasteiger charge is 2.43. The lowest BCUT2D eigenvalue weighted by Crippen LogP contribution is -2.58. The summed E-state index contributed by atoms with van der Waals surface area (Å²) in [6, 6.07) is 2.86. The van der Waals surface area contributed by atoms with Gasteiger partial charge >= 0.3 is 12.2 Å². The van der Waals surface area contributed by atoms with Gasteiger partial charge in [-0.3, -0.25) is 4.79 Å². The summed E-state index contributed by atoms with van der Waals surface area (Å²) in [4.78, 5) is 26.3. The number of carbonyl (C=O) groups is 2. The first-order chi connectivity index (χ1) is 14.1. The fraction of sp³-hybridized carbons (Fsp3) is 0.619. The van der Waals surface area contributed by atoms with Gasteiger partial charge in [0.05, 0.1) is 12.0 Å². The van der Waals surface area contributed by atoms with Gasteiger partial charge in [-0.25, -0.2) is 9.18 Å². The molecule has 166 valence electrons. The van der Waals surface area contributed by atoms with Crippen molar-refractivity contribution >= 4 is 11.9 Å². The zero-order chi connectivity index (χ0) is 22.1. The highest BCUT2D eigenvalue weighted by molar-refractivity contribution is 5.88. The fourth-order valence-electron chi connectivity index (χ4n) is 4.39. The molecule has 3 rings (SSSR count). The molecule has 1 unspecified atom stereocenters. The lowest BCUT2D eigenvalue weighted by atomic mass is 9.76.